The van der Waals surface area contributed by atoms with E-state index < -0.39 is 23.9 Å². The Bertz CT molecular complexity index is 1130. The van der Waals surface area contributed by atoms with E-state index in [1.54, 1.807) is 11.8 Å². The van der Waals surface area contributed by atoms with Crippen LogP contribution in [0.15, 0.2) is 82.6 Å². The minimum atomic E-state index is -1.26. The fourth-order valence-corrected chi connectivity index (χ4v) is 4.76. The average molecular weight is 609 g/mol. The molecule has 1 aliphatic rings. The first kappa shape index (κ1) is 35.3. The van der Waals surface area contributed by atoms with E-state index in [9.17, 15) is 19.2 Å². The highest BCUT2D eigenvalue weighted by Crippen LogP contribution is 2.37. The first-order chi connectivity index (χ1) is 19.4. The molecule has 1 heterocycles. The summed E-state index contributed by atoms with van der Waals surface area (Å²) in [6, 6.07) is 17.0. The summed E-state index contributed by atoms with van der Waals surface area (Å²) in [7, 11) is 0. The van der Waals surface area contributed by atoms with Gasteiger partial charge in [0.05, 0.1) is 6.61 Å². The van der Waals surface area contributed by atoms with Crippen molar-refractivity contribution in [2.24, 2.45) is 0 Å². The number of nitrogens with zero attached hydrogens (tertiary/aromatic N) is 2. The zero-order valence-electron chi connectivity index (χ0n) is 22.3. The molecule has 3 rings (SSSR count). The van der Waals surface area contributed by atoms with Crippen molar-refractivity contribution in [3.63, 3.8) is 0 Å². The van der Waals surface area contributed by atoms with Crippen molar-refractivity contribution in [3.8, 4) is 0 Å². The molecule has 11 nitrogen and oxygen atoms in total. The number of rotatable bonds is 10. The summed E-state index contributed by atoms with van der Waals surface area (Å²) in [4.78, 5) is 45.5. The normalized spacial score (nSPS) is 14.4. The molecule has 1 fully saturated rings. The molecule has 0 radical (unpaired) electrons. The molecule has 0 saturated carbocycles. The van der Waals surface area contributed by atoms with Crippen LogP contribution in [0.4, 0.5) is 0 Å². The highest BCUT2D eigenvalue weighted by molar-refractivity contribution is 7.99. The van der Waals surface area contributed by atoms with E-state index >= 15 is 0 Å². The van der Waals surface area contributed by atoms with Crippen molar-refractivity contribution in [3.05, 3.63) is 83.4 Å². The van der Waals surface area contributed by atoms with E-state index in [4.69, 9.17) is 37.1 Å². The molecule has 0 bridgehead atoms. The summed E-state index contributed by atoms with van der Waals surface area (Å²) < 4.78 is 0. The van der Waals surface area contributed by atoms with Gasteiger partial charge in [0.15, 0.2) is 0 Å². The monoisotopic (exact) mass is 608 g/mol. The molecular formula is C28H33ClN2O9S. The third-order valence-corrected chi connectivity index (χ3v) is 6.84. The summed E-state index contributed by atoms with van der Waals surface area (Å²) in [6.07, 6.45) is 2.23. The Hall–Kier alpha value is -3.68. The maximum atomic E-state index is 9.55. The summed E-state index contributed by atoms with van der Waals surface area (Å²) in [5, 5.41) is 41.1. The predicted octanol–water partition coefficient (Wildman–Crippen LogP) is 3.59. The van der Waals surface area contributed by atoms with Crippen LogP contribution >= 0.6 is 23.4 Å². The van der Waals surface area contributed by atoms with Gasteiger partial charge in [0, 0.05) is 77.9 Å². The highest BCUT2D eigenvalue weighted by Gasteiger charge is 2.23. The number of carbonyl (C=O) groups is 4. The number of hydrogen-bond acceptors (Lipinski definition) is 8. The molecule has 1 atom stereocenters. The van der Waals surface area contributed by atoms with Gasteiger partial charge < -0.3 is 25.5 Å². The van der Waals surface area contributed by atoms with Crippen LogP contribution in [-0.2, 0) is 19.2 Å². The number of aliphatic hydroxyl groups is 1. The second-order valence-corrected chi connectivity index (χ2v) is 9.95. The van der Waals surface area contributed by atoms with Crippen LogP contribution in [-0.4, -0.2) is 98.5 Å². The van der Waals surface area contributed by atoms with E-state index in [1.807, 2.05) is 12.1 Å². The van der Waals surface area contributed by atoms with Crippen LogP contribution in [0.5, 0.6) is 0 Å². The molecule has 222 valence electrons. The third-order valence-electron chi connectivity index (χ3n) is 5.50. The number of aliphatic carboxylic acids is 4. The number of β-amino-alcohol motifs (C(OH)–C–C–N with tert-alkyl or cyclic N) is 1. The summed E-state index contributed by atoms with van der Waals surface area (Å²) in [6.45, 7) is 7.32. The smallest absolute Gasteiger partial charge is 0.328 e. The summed E-state index contributed by atoms with van der Waals surface area (Å²) >= 11 is 8.10. The number of carboxylic acid groups (broad SMARTS) is 4. The Morgan fingerprint density at radius 2 is 1.32 bits per heavy atom. The van der Waals surface area contributed by atoms with Crippen molar-refractivity contribution in [2.45, 2.75) is 22.8 Å². The zero-order chi connectivity index (χ0) is 30.8. The predicted molar refractivity (Wildman–Crippen MR) is 154 cm³/mol. The number of aliphatic hydroxyl groups excluding tert-OH is 1. The Kier molecular flexibility index (Phi) is 16.7. The van der Waals surface area contributed by atoms with Crippen LogP contribution in [0.3, 0.4) is 0 Å². The van der Waals surface area contributed by atoms with Gasteiger partial charge in [-0.25, -0.2) is 19.2 Å². The van der Waals surface area contributed by atoms with Gasteiger partial charge in [0.1, 0.15) is 0 Å². The molecule has 2 aromatic carbocycles. The molecule has 0 spiro atoms. The number of halogens is 1. The standard InChI is InChI=1S/C20H25ClN2OS.2C4H4O4/c1-16(23-11-9-22(10-12-23)13-14-24)19-15-17(21)7-8-20(19)25-18-5-3-2-4-6-18;2*5-3(6)1-2-4(7)8/h2-8,15-16,24H,9-14H2,1H3;2*1-2H,(H,5,6)(H,7,8)/b;2*2-1-. The van der Waals surface area contributed by atoms with Crippen LogP contribution in [0.1, 0.15) is 18.5 Å². The first-order valence-corrected chi connectivity index (χ1v) is 13.5. The lowest BCUT2D eigenvalue weighted by Gasteiger charge is -2.38. The van der Waals surface area contributed by atoms with E-state index in [2.05, 4.69) is 53.1 Å². The van der Waals surface area contributed by atoms with Gasteiger partial charge in [0.2, 0.25) is 0 Å². The molecule has 5 N–H and O–H groups in total. The van der Waals surface area contributed by atoms with E-state index in [0.29, 0.717) is 30.3 Å². The molecule has 41 heavy (non-hydrogen) atoms. The lowest BCUT2D eigenvalue weighted by Crippen LogP contribution is -2.47. The topological polar surface area (TPSA) is 176 Å². The van der Waals surface area contributed by atoms with E-state index in [1.165, 1.54) is 15.4 Å². The Morgan fingerprint density at radius 1 is 0.829 bits per heavy atom. The van der Waals surface area contributed by atoms with Crippen molar-refractivity contribution < 1.29 is 44.7 Å². The average Bonchev–Trinajstić information content (AvgIpc) is 2.93. The largest absolute Gasteiger partial charge is 0.478 e. The van der Waals surface area contributed by atoms with E-state index in [-0.39, 0.29) is 6.61 Å². The lowest BCUT2D eigenvalue weighted by atomic mass is 10.1. The summed E-state index contributed by atoms with van der Waals surface area (Å²) in [5.41, 5.74) is 1.29. The maximum absolute atomic E-state index is 9.55. The zero-order valence-corrected chi connectivity index (χ0v) is 23.9. The van der Waals surface area contributed by atoms with Crippen LogP contribution in [0, 0.1) is 0 Å². The highest BCUT2D eigenvalue weighted by atomic mass is 35.5. The fraction of sp³-hybridized carbons (Fsp3) is 0.286. The minimum absolute atomic E-state index is 0.238. The third kappa shape index (κ3) is 15.6. The Balaban J connectivity index is 0.000000433. The van der Waals surface area contributed by atoms with Crippen molar-refractivity contribution in [1.82, 2.24) is 9.80 Å². The number of piperazine rings is 1. The molecule has 1 unspecified atom stereocenters. The molecule has 0 aliphatic carbocycles. The van der Waals surface area contributed by atoms with Gasteiger partial charge in [-0.2, -0.15) is 0 Å². The Morgan fingerprint density at radius 3 is 1.76 bits per heavy atom. The first-order valence-electron chi connectivity index (χ1n) is 12.3. The van der Waals surface area contributed by atoms with Gasteiger partial charge in [-0.3, -0.25) is 9.80 Å². The Labute approximate surface area is 247 Å². The van der Waals surface area contributed by atoms with Gasteiger partial charge in [-0.1, -0.05) is 41.6 Å². The lowest BCUT2D eigenvalue weighted by molar-refractivity contribution is -0.134. The van der Waals surface area contributed by atoms with Crippen LogP contribution in [0.2, 0.25) is 5.02 Å². The fourth-order valence-electron chi connectivity index (χ4n) is 3.55. The summed E-state index contributed by atoms with van der Waals surface area (Å²) in [5.74, 6) is -5.03. The van der Waals surface area contributed by atoms with Crippen molar-refractivity contribution >= 4 is 47.2 Å². The SMILES string of the molecule is CC(c1cc(Cl)ccc1Sc1ccccc1)N1CCN(CCO)CC1.O=C(O)/C=C\C(=O)O.O=C(O)/C=C\C(=O)O. The molecule has 13 heteroatoms. The molecule has 1 saturated heterocycles. The second kappa shape index (κ2) is 19.4. The van der Waals surface area contributed by atoms with Crippen LogP contribution in [0.25, 0.3) is 0 Å². The second-order valence-electron chi connectivity index (χ2n) is 8.39. The van der Waals surface area contributed by atoms with Gasteiger partial charge in [-0.05, 0) is 42.8 Å². The van der Waals surface area contributed by atoms with Gasteiger partial charge in [0.25, 0.3) is 0 Å². The quantitative estimate of drug-likeness (QED) is 0.248. The number of carboxylic acids is 4. The van der Waals surface area contributed by atoms with Crippen LogP contribution < -0.4 is 0 Å². The van der Waals surface area contributed by atoms with Crippen molar-refractivity contribution in [2.75, 3.05) is 39.3 Å². The number of hydrogen-bond donors (Lipinski definition) is 5. The molecule has 1 aliphatic heterocycles. The molecule has 0 aromatic heterocycles. The maximum Gasteiger partial charge on any atom is 0.328 e. The molecule has 0 amide bonds. The molecular weight excluding hydrogens is 576 g/mol. The van der Waals surface area contributed by atoms with E-state index in [0.717, 1.165) is 37.7 Å². The van der Waals surface area contributed by atoms with Crippen molar-refractivity contribution in [1.29, 1.82) is 0 Å². The minimum Gasteiger partial charge on any atom is -0.478 e. The molecule has 2 aromatic rings. The van der Waals surface area contributed by atoms with Gasteiger partial charge >= 0.3 is 23.9 Å². The number of benzene rings is 2. The van der Waals surface area contributed by atoms with Gasteiger partial charge in [-0.15, -0.1) is 0 Å².